The predicted molar refractivity (Wildman–Crippen MR) is 133 cm³/mol. The summed E-state index contributed by atoms with van der Waals surface area (Å²) in [4.78, 5) is 20.2. The molecule has 8 heteroatoms. The van der Waals surface area contributed by atoms with Crippen molar-refractivity contribution in [3.8, 4) is 11.5 Å². The molecule has 0 aliphatic carbocycles. The van der Waals surface area contributed by atoms with Crippen LogP contribution >= 0.6 is 12.4 Å². The second-order valence-electron chi connectivity index (χ2n) is 8.01. The number of hydrogen-bond acceptors (Lipinski definition) is 5. The van der Waals surface area contributed by atoms with Crippen molar-refractivity contribution >= 4 is 18.3 Å². The largest absolute Gasteiger partial charge is 0.493 e. The van der Waals surface area contributed by atoms with Gasteiger partial charge in [0, 0.05) is 39.6 Å². The minimum absolute atomic E-state index is 0. The van der Waals surface area contributed by atoms with Crippen molar-refractivity contribution in [2.24, 2.45) is 0 Å². The Bertz CT molecular complexity index is 1050. The van der Waals surface area contributed by atoms with Crippen LogP contribution in [0.15, 0.2) is 67.0 Å². The average molecular weight is 488 g/mol. The van der Waals surface area contributed by atoms with Crippen LogP contribution in [0.5, 0.6) is 11.5 Å². The van der Waals surface area contributed by atoms with Crippen LogP contribution in [0.25, 0.3) is 0 Å². The van der Waals surface area contributed by atoms with Gasteiger partial charge in [-0.2, -0.15) is 0 Å². The molecule has 0 fully saturated rings. The molecule has 6 nitrogen and oxygen atoms in total. The normalized spacial score (nSPS) is 10.5. The molecule has 34 heavy (non-hydrogen) atoms. The van der Waals surface area contributed by atoms with E-state index in [4.69, 9.17) is 9.47 Å². The van der Waals surface area contributed by atoms with E-state index in [0.717, 1.165) is 23.1 Å². The van der Waals surface area contributed by atoms with Crippen LogP contribution < -0.4 is 9.47 Å². The zero-order chi connectivity index (χ0) is 23.6. The Kier molecular flexibility index (Phi) is 10.8. The molecule has 1 amide bonds. The van der Waals surface area contributed by atoms with E-state index in [0.29, 0.717) is 31.1 Å². The van der Waals surface area contributed by atoms with Gasteiger partial charge in [-0.3, -0.25) is 14.7 Å². The molecule has 0 aliphatic rings. The Morgan fingerprint density at radius 2 is 1.79 bits per heavy atom. The summed E-state index contributed by atoms with van der Waals surface area (Å²) in [6, 6.07) is 16.0. The fraction of sp³-hybridized carbons (Fsp3) is 0.308. The quantitative estimate of drug-likeness (QED) is 0.402. The summed E-state index contributed by atoms with van der Waals surface area (Å²) in [5, 5.41) is 0. The Hall–Kier alpha value is -3.16. The summed E-state index contributed by atoms with van der Waals surface area (Å²) in [6.07, 6.45) is 4.30. The molecule has 1 heterocycles. The topological polar surface area (TPSA) is 54.9 Å². The summed E-state index contributed by atoms with van der Waals surface area (Å²) >= 11 is 0. The van der Waals surface area contributed by atoms with Crippen molar-refractivity contribution in [1.29, 1.82) is 0 Å². The summed E-state index contributed by atoms with van der Waals surface area (Å²) in [6.45, 7) is 1.91. The number of nitrogens with zero attached hydrogens (tertiary/aromatic N) is 3. The fourth-order valence-corrected chi connectivity index (χ4v) is 3.36. The van der Waals surface area contributed by atoms with Crippen molar-refractivity contribution in [3.05, 3.63) is 89.5 Å². The number of aromatic nitrogens is 1. The molecule has 0 unspecified atom stereocenters. The molecule has 0 radical (unpaired) electrons. The molecule has 1 aromatic heterocycles. The first-order valence-electron chi connectivity index (χ1n) is 10.8. The molecule has 3 rings (SSSR count). The molecule has 0 saturated carbocycles. The van der Waals surface area contributed by atoms with E-state index in [9.17, 15) is 9.18 Å². The lowest BCUT2D eigenvalue weighted by atomic mass is 10.1. The lowest BCUT2D eigenvalue weighted by Crippen LogP contribution is -2.37. The van der Waals surface area contributed by atoms with E-state index in [2.05, 4.69) is 9.88 Å². The van der Waals surface area contributed by atoms with E-state index >= 15 is 0 Å². The van der Waals surface area contributed by atoms with Crippen molar-refractivity contribution in [2.45, 2.75) is 19.6 Å². The number of pyridine rings is 1. The minimum atomic E-state index is -0.290. The van der Waals surface area contributed by atoms with Crippen LogP contribution in [0.2, 0.25) is 0 Å². The van der Waals surface area contributed by atoms with Crippen molar-refractivity contribution in [3.63, 3.8) is 0 Å². The Morgan fingerprint density at radius 1 is 1.00 bits per heavy atom. The Labute approximate surface area is 206 Å². The highest BCUT2D eigenvalue weighted by Crippen LogP contribution is 2.29. The summed E-state index contributed by atoms with van der Waals surface area (Å²) in [5.41, 5.74) is 2.87. The molecule has 2 aromatic carbocycles. The third-order valence-corrected chi connectivity index (χ3v) is 5.21. The second kappa shape index (κ2) is 13.5. The number of rotatable bonds is 11. The zero-order valence-corrected chi connectivity index (χ0v) is 20.6. The van der Waals surface area contributed by atoms with Crippen molar-refractivity contribution < 1.29 is 18.7 Å². The van der Waals surface area contributed by atoms with Gasteiger partial charge in [0.1, 0.15) is 12.4 Å². The van der Waals surface area contributed by atoms with Gasteiger partial charge in [0.2, 0.25) is 5.91 Å². The first kappa shape index (κ1) is 27.1. The van der Waals surface area contributed by atoms with Gasteiger partial charge in [0.05, 0.1) is 13.7 Å². The maximum Gasteiger partial charge on any atom is 0.236 e. The van der Waals surface area contributed by atoms with E-state index < -0.39 is 0 Å². The Balaban J connectivity index is 0.00000408. The number of methoxy groups -OCH3 is 1. The van der Waals surface area contributed by atoms with Gasteiger partial charge < -0.3 is 14.4 Å². The number of likely N-dealkylation sites (N-methyl/N-ethyl adjacent to an activating group) is 1. The number of carbonyl (C=O) groups excluding carboxylic acids is 1. The van der Waals surface area contributed by atoms with Gasteiger partial charge in [-0.15, -0.1) is 12.4 Å². The number of hydrogen-bond donors (Lipinski definition) is 0. The number of carbonyl (C=O) groups is 1. The maximum atomic E-state index is 13.4. The maximum absolute atomic E-state index is 13.4. The van der Waals surface area contributed by atoms with Gasteiger partial charge in [-0.25, -0.2) is 4.39 Å². The molecule has 3 aromatic rings. The average Bonchev–Trinajstić information content (AvgIpc) is 2.82. The monoisotopic (exact) mass is 487 g/mol. The number of ether oxygens (including phenoxy) is 2. The van der Waals surface area contributed by atoms with Crippen molar-refractivity contribution in [1.82, 2.24) is 14.8 Å². The summed E-state index contributed by atoms with van der Waals surface area (Å²) in [7, 11) is 5.12. The highest BCUT2D eigenvalue weighted by atomic mass is 35.5. The number of benzene rings is 2. The van der Waals surface area contributed by atoms with Gasteiger partial charge in [0.15, 0.2) is 11.5 Å². The predicted octanol–water partition coefficient (Wildman–Crippen LogP) is 4.36. The summed E-state index contributed by atoms with van der Waals surface area (Å²) < 4.78 is 24.8. The smallest absolute Gasteiger partial charge is 0.236 e. The summed E-state index contributed by atoms with van der Waals surface area (Å²) in [5.74, 6) is 0.979. The molecule has 0 spiro atoms. The van der Waals surface area contributed by atoms with Crippen LogP contribution in [0.3, 0.4) is 0 Å². The molecule has 182 valence electrons. The number of amides is 1. The van der Waals surface area contributed by atoms with E-state index in [1.807, 2.05) is 42.6 Å². The molecule has 0 aliphatic heterocycles. The van der Waals surface area contributed by atoms with Crippen LogP contribution in [0.4, 0.5) is 4.39 Å². The SMILES string of the molecule is COc1cc(CCN(CC(=O)N(C)C)Cc2cccnc2)ccc1OCc1cccc(F)c1.Cl. The van der Waals surface area contributed by atoms with E-state index in [1.165, 1.54) is 12.1 Å². The van der Waals surface area contributed by atoms with Crippen LogP contribution in [0, 0.1) is 5.82 Å². The lowest BCUT2D eigenvalue weighted by molar-refractivity contribution is -0.130. The minimum Gasteiger partial charge on any atom is -0.493 e. The van der Waals surface area contributed by atoms with Crippen LogP contribution in [0.1, 0.15) is 16.7 Å². The Morgan fingerprint density at radius 3 is 2.47 bits per heavy atom. The molecule has 0 bridgehead atoms. The number of halogens is 2. The van der Waals surface area contributed by atoms with Gasteiger partial charge in [-0.05, 0) is 53.4 Å². The van der Waals surface area contributed by atoms with Gasteiger partial charge in [-0.1, -0.05) is 24.3 Å². The molecule has 0 atom stereocenters. The highest BCUT2D eigenvalue weighted by molar-refractivity contribution is 5.85. The molecular weight excluding hydrogens is 457 g/mol. The first-order chi connectivity index (χ1) is 15.9. The molecule has 0 saturated heterocycles. The van der Waals surface area contributed by atoms with E-state index in [1.54, 1.807) is 38.4 Å². The molecule has 0 N–H and O–H groups in total. The molecular formula is C26H31ClFN3O3. The third-order valence-electron chi connectivity index (χ3n) is 5.21. The van der Waals surface area contributed by atoms with Gasteiger partial charge in [0.25, 0.3) is 0 Å². The van der Waals surface area contributed by atoms with Gasteiger partial charge >= 0.3 is 0 Å². The van der Waals surface area contributed by atoms with Crippen LogP contribution in [-0.4, -0.2) is 55.0 Å². The highest BCUT2D eigenvalue weighted by Gasteiger charge is 2.14. The zero-order valence-electron chi connectivity index (χ0n) is 19.7. The fourth-order valence-electron chi connectivity index (χ4n) is 3.36. The standard InChI is InChI=1S/C26H30FN3O3.ClH/c1-29(2)26(31)18-30(17-22-7-5-12-28-16-22)13-11-20-9-10-24(25(15-20)32-3)33-19-21-6-4-8-23(27)14-21;/h4-10,12,14-16H,11,13,17-19H2,1-3H3;1H. The first-order valence-corrected chi connectivity index (χ1v) is 10.8. The van der Waals surface area contributed by atoms with E-state index in [-0.39, 0.29) is 30.7 Å². The third kappa shape index (κ3) is 8.32. The second-order valence-corrected chi connectivity index (χ2v) is 8.01. The van der Waals surface area contributed by atoms with Crippen molar-refractivity contribution in [2.75, 3.05) is 34.3 Å². The van der Waals surface area contributed by atoms with Crippen LogP contribution in [-0.2, 0) is 24.4 Å². The lowest BCUT2D eigenvalue weighted by Gasteiger charge is -2.23.